The van der Waals surface area contributed by atoms with E-state index in [1.807, 2.05) is 12.2 Å². The van der Waals surface area contributed by atoms with E-state index in [9.17, 15) is 14.3 Å². The van der Waals surface area contributed by atoms with Crippen LogP contribution in [0.1, 0.15) is 28.8 Å². The molecule has 2 aromatic rings. The van der Waals surface area contributed by atoms with E-state index in [2.05, 4.69) is 11.9 Å². The molecule has 0 spiro atoms. The number of nitrogens with one attached hydrogen (secondary N) is 1. The van der Waals surface area contributed by atoms with Gasteiger partial charge in [-0.3, -0.25) is 4.79 Å². The Bertz CT molecular complexity index is 1030. The Kier molecular flexibility index (Phi) is 13.2. The minimum Gasteiger partial charge on any atom is -0.507 e. The molecule has 2 rings (SSSR count). The molecular weight excluding hydrogens is 469 g/mol. The fourth-order valence-corrected chi connectivity index (χ4v) is 3.18. The number of phenolic OH excluding ortho intramolecular Hbond substituents is 1. The van der Waals surface area contributed by atoms with Crippen molar-refractivity contribution in [2.45, 2.75) is 12.8 Å². The number of halogens is 2. The van der Waals surface area contributed by atoms with Crippen molar-refractivity contribution in [2.75, 3.05) is 32.9 Å². The number of carbonyl (C=O) groups excluding carboxylic acids is 1. The van der Waals surface area contributed by atoms with E-state index in [1.165, 1.54) is 18.2 Å². The number of ether oxygens (including phenoxy) is 2. The number of aromatic hydroxyl groups is 1. The highest BCUT2D eigenvalue weighted by molar-refractivity contribution is 6.30. The highest BCUT2D eigenvalue weighted by Crippen LogP contribution is 2.26. The molecule has 0 unspecified atom stereocenters. The number of ketones is 1. The summed E-state index contributed by atoms with van der Waals surface area (Å²) in [5, 5.41) is 14.1. The van der Waals surface area contributed by atoms with Gasteiger partial charge in [-0.25, -0.2) is 4.39 Å². The quantitative estimate of drug-likeness (QED) is 0.125. The first-order valence-corrected chi connectivity index (χ1v) is 11.7. The summed E-state index contributed by atoms with van der Waals surface area (Å²) < 4.78 is 23.2. The molecule has 0 saturated heterocycles. The Labute approximate surface area is 211 Å². The first kappa shape index (κ1) is 28.1. The predicted molar refractivity (Wildman–Crippen MR) is 139 cm³/mol. The van der Waals surface area contributed by atoms with Crippen LogP contribution in [0, 0.1) is 0 Å². The SMILES string of the molecule is C=C/C(=C\C=C\F)CCNCCCOC/C=C/COc1ccc(C(=O)c2ccc(Cl)cc2)c(O)c1. The van der Waals surface area contributed by atoms with E-state index < -0.39 is 0 Å². The van der Waals surface area contributed by atoms with Crippen molar-refractivity contribution in [3.63, 3.8) is 0 Å². The number of phenols is 1. The summed E-state index contributed by atoms with van der Waals surface area (Å²) >= 11 is 5.85. The molecule has 7 heteroatoms. The summed E-state index contributed by atoms with van der Waals surface area (Å²) in [6.45, 7) is 6.75. The maximum Gasteiger partial charge on any atom is 0.196 e. The second-order valence-electron chi connectivity index (χ2n) is 7.49. The maximum absolute atomic E-state index is 12.5. The lowest BCUT2D eigenvalue weighted by Crippen LogP contribution is -2.18. The molecule has 0 heterocycles. The Morgan fingerprint density at radius 3 is 2.60 bits per heavy atom. The summed E-state index contributed by atoms with van der Waals surface area (Å²) in [6.07, 6.45) is 10.7. The van der Waals surface area contributed by atoms with Crippen LogP contribution in [-0.2, 0) is 4.74 Å². The summed E-state index contributed by atoms with van der Waals surface area (Å²) in [5.41, 5.74) is 1.62. The van der Waals surface area contributed by atoms with E-state index in [4.69, 9.17) is 21.1 Å². The lowest BCUT2D eigenvalue weighted by atomic mass is 10.0. The van der Waals surface area contributed by atoms with Gasteiger partial charge in [-0.1, -0.05) is 36.4 Å². The molecule has 0 aliphatic rings. The molecule has 186 valence electrons. The van der Waals surface area contributed by atoms with E-state index in [0.29, 0.717) is 42.5 Å². The van der Waals surface area contributed by atoms with Gasteiger partial charge in [0, 0.05) is 23.3 Å². The molecule has 0 aliphatic heterocycles. The summed E-state index contributed by atoms with van der Waals surface area (Å²) in [7, 11) is 0. The number of benzene rings is 2. The lowest BCUT2D eigenvalue weighted by Gasteiger charge is -2.08. The monoisotopic (exact) mass is 499 g/mol. The molecule has 0 aromatic heterocycles. The highest BCUT2D eigenvalue weighted by atomic mass is 35.5. The normalized spacial score (nSPS) is 11.9. The highest BCUT2D eigenvalue weighted by Gasteiger charge is 2.14. The summed E-state index contributed by atoms with van der Waals surface area (Å²) in [4.78, 5) is 12.5. The van der Waals surface area contributed by atoms with Crippen LogP contribution in [0.15, 0.2) is 91.3 Å². The van der Waals surface area contributed by atoms with Crippen molar-refractivity contribution in [1.29, 1.82) is 0 Å². The van der Waals surface area contributed by atoms with Gasteiger partial charge in [0.15, 0.2) is 5.78 Å². The molecule has 0 amide bonds. The van der Waals surface area contributed by atoms with Crippen LogP contribution in [0.4, 0.5) is 4.39 Å². The summed E-state index contributed by atoms with van der Waals surface area (Å²) in [5.74, 6) is 0.0287. The van der Waals surface area contributed by atoms with Gasteiger partial charge in [-0.15, -0.1) is 0 Å². The zero-order valence-corrected chi connectivity index (χ0v) is 20.3. The number of allylic oxidation sites excluding steroid dienone is 3. The molecule has 0 atom stereocenters. The van der Waals surface area contributed by atoms with Crippen LogP contribution in [0.25, 0.3) is 0 Å². The average Bonchev–Trinajstić information content (AvgIpc) is 2.86. The molecule has 0 bridgehead atoms. The van der Waals surface area contributed by atoms with E-state index >= 15 is 0 Å². The Balaban J connectivity index is 1.59. The van der Waals surface area contributed by atoms with Crippen molar-refractivity contribution < 1.29 is 23.8 Å². The Hall–Kier alpha value is -3.19. The molecule has 35 heavy (non-hydrogen) atoms. The van der Waals surface area contributed by atoms with Gasteiger partial charge in [0.1, 0.15) is 18.1 Å². The summed E-state index contributed by atoms with van der Waals surface area (Å²) in [6, 6.07) is 11.1. The molecule has 0 aliphatic carbocycles. The van der Waals surface area contributed by atoms with Gasteiger partial charge in [0.25, 0.3) is 0 Å². The molecule has 2 N–H and O–H groups in total. The number of carbonyl (C=O) groups is 1. The van der Waals surface area contributed by atoms with Gasteiger partial charge in [0.05, 0.1) is 18.5 Å². The van der Waals surface area contributed by atoms with Crippen molar-refractivity contribution in [3.05, 3.63) is 107 Å². The minimum atomic E-state index is -0.290. The van der Waals surface area contributed by atoms with E-state index in [-0.39, 0.29) is 17.1 Å². The van der Waals surface area contributed by atoms with Gasteiger partial charge < -0.3 is 19.9 Å². The standard InChI is InChI=1S/C28H31ClFNO4/c1-2-22(7-5-15-30)14-17-31-16-6-19-34-18-3-4-20-35-25-12-13-26(27(32)21-25)28(33)23-8-10-24(29)11-9-23/h2-5,7-13,15,21,31-32H,1,6,14,16-20H2/b4-3+,15-5+,22-7+. The third kappa shape index (κ3) is 10.7. The Morgan fingerprint density at radius 1 is 1.11 bits per heavy atom. The lowest BCUT2D eigenvalue weighted by molar-refractivity contribution is 0.103. The van der Waals surface area contributed by atoms with Crippen LogP contribution in [0.3, 0.4) is 0 Å². The first-order chi connectivity index (χ1) is 17.0. The topological polar surface area (TPSA) is 67.8 Å². The molecule has 0 fully saturated rings. The number of rotatable bonds is 16. The van der Waals surface area contributed by atoms with Crippen LogP contribution in [-0.4, -0.2) is 43.8 Å². The third-order valence-corrected chi connectivity index (χ3v) is 5.18. The van der Waals surface area contributed by atoms with Gasteiger partial charge in [-0.2, -0.15) is 0 Å². The Morgan fingerprint density at radius 2 is 1.89 bits per heavy atom. The van der Waals surface area contributed by atoms with Crippen molar-refractivity contribution in [2.24, 2.45) is 0 Å². The maximum atomic E-state index is 12.5. The molecule has 0 radical (unpaired) electrons. The zero-order valence-electron chi connectivity index (χ0n) is 19.6. The second-order valence-corrected chi connectivity index (χ2v) is 7.93. The van der Waals surface area contributed by atoms with Crippen LogP contribution < -0.4 is 10.1 Å². The van der Waals surface area contributed by atoms with E-state index in [0.717, 1.165) is 31.5 Å². The minimum absolute atomic E-state index is 0.142. The second kappa shape index (κ2) is 16.4. The van der Waals surface area contributed by atoms with Gasteiger partial charge >= 0.3 is 0 Å². The van der Waals surface area contributed by atoms with E-state index in [1.54, 1.807) is 42.5 Å². The van der Waals surface area contributed by atoms with Gasteiger partial charge in [-0.05, 0) is 80.1 Å². The number of hydrogen-bond donors (Lipinski definition) is 2. The largest absolute Gasteiger partial charge is 0.507 e. The number of hydrogen-bond acceptors (Lipinski definition) is 5. The first-order valence-electron chi connectivity index (χ1n) is 11.3. The fourth-order valence-electron chi connectivity index (χ4n) is 3.05. The van der Waals surface area contributed by atoms with Crippen molar-refractivity contribution >= 4 is 17.4 Å². The molecule has 2 aromatic carbocycles. The predicted octanol–water partition coefficient (Wildman–Crippen LogP) is 6.19. The molecule has 0 saturated carbocycles. The van der Waals surface area contributed by atoms with Gasteiger partial charge in [0.2, 0.25) is 0 Å². The smallest absolute Gasteiger partial charge is 0.196 e. The van der Waals surface area contributed by atoms with Crippen LogP contribution >= 0.6 is 11.6 Å². The van der Waals surface area contributed by atoms with Crippen LogP contribution in [0.2, 0.25) is 5.02 Å². The molecular formula is C28H31ClFNO4. The van der Waals surface area contributed by atoms with Crippen LogP contribution in [0.5, 0.6) is 11.5 Å². The van der Waals surface area contributed by atoms with Crippen molar-refractivity contribution in [3.8, 4) is 11.5 Å². The van der Waals surface area contributed by atoms with Crippen molar-refractivity contribution in [1.82, 2.24) is 5.32 Å². The molecule has 5 nitrogen and oxygen atoms in total. The third-order valence-electron chi connectivity index (χ3n) is 4.93. The average molecular weight is 500 g/mol. The zero-order chi connectivity index (χ0) is 25.3. The fraction of sp³-hybridized carbons (Fsp3) is 0.250.